The minimum atomic E-state index is -0.948. The molecule has 14 heteroatoms. The first-order chi connectivity index (χ1) is 36.0. The Morgan fingerprint density at radius 3 is 1.39 bits per heavy atom. The molecular weight excluding hydrogens is 949 g/mol. The summed E-state index contributed by atoms with van der Waals surface area (Å²) in [7, 11) is 0. The van der Waals surface area contributed by atoms with E-state index in [0.717, 1.165) is 39.3 Å². The molecule has 0 aliphatic rings. The number of anilines is 2. The van der Waals surface area contributed by atoms with Crippen molar-refractivity contribution in [3.05, 3.63) is 193 Å². The van der Waals surface area contributed by atoms with Gasteiger partial charge in [-0.05, 0) is 145 Å². The minimum Gasteiger partial charge on any atom is -0.489 e. The molecule has 2 aromatic heterocycles. The Labute approximate surface area is 440 Å². The van der Waals surface area contributed by atoms with Crippen molar-refractivity contribution >= 4 is 35.5 Å². The second-order valence-corrected chi connectivity index (χ2v) is 19.1. The minimum absolute atomic E-state index is 0.187. The Morgan fingerprint density at radius 2 is 0.933 bits per heavy atom. The fourth-order valence-electron chi connectivity index (χ4n) is 7.39. The van der Waals surface area contributed by atoms with Crippen LogP contribution in [0.15, 0.2) is 176 Å². The molecule has 1 unspecified atom stereocenters. The summed E-state index contributed by atoms with van der Waals surface area (Å²) in [4.78, 5) is 63.5. The summed E-state index contributed by atoms with van der Waals surface area (Å²) in [5.41, 5.74) is 5.48. The number of benzene rings is 5. The molecule has 0 bridgehead atoms. The lowest BCUT2D eigenvalue weighted by Gasteiger charge is -2.32. The van der Waals surface area contributed by atoms with Gasteiger partial charge in [-0.1, -0.05) is 91.0 Å². The molecular formula is C61H66N4O10. The van der Waals surface area contributed by atoms with E-state index >= 15 is 0 Å². The third-order valence-electron chi connectivity index (χ3n) is 10.8. The Morgan fingerprint density at radius 1 is 0.507 bits per heavy atom. The molecule has 2 heterocycles. The average Bonchev–Trinajstić information content (AvgIpc) is 3.39. The van der Waals surface area contributed by atoms with Crippen LogP contribution < -0.4 is 19.3 Å². The molecule has 0 saturated heterocycles. The zero-order chi connectivity index (χ0) is 53.8. The first-order valence-electron chi connectivity index (χ1n) is 24.8. The molecule has 1 atom stereocenters. The van der Waals surface area contributed by atoms with Gasteiger partial charge in [-0.2, -0.15) is 0 Å². The van der Waals surface area contributed by atoms with E-state index in [9.17, 15) is 19.2 Å². The van der Waals surface area contributed by atoms with Gasteiger partial charge in [0, 0.05) is 29.9 Å². The molecule has 0 aliphatic heterocycles. The topological polar surface area (TPSA) is 156 Å². The first-order valence-corrected chi connectivity index (χ1v) is 24.8. The van der Waals surface area contributed by atoms with Crippen molar-refractivity contribution in [2.24, 2.45) is 0 Å². The molecule has 0 radical (unpaired) electrons. The molecule has 14 nitrogen and oxygen atoms in total. The van der Waals surface area contributed by atoms with Crippen LogP contribution in [0.1, 0.15) is 72.1 Å². The van der Waals surface area contributed by atoms with Crippen molar-refractivity contribution in [2.45, 2.75) is 92.3 Å². The zero-order valence-corrected chi connectivity index (χ0v) is 43.9. The standard InChI is InChI=1S/C34H36N2O5.C27H30N2O5/c1-5-39-32(37)31(22-25-12-8-6-9-13-25)36(33(38)41-34(2,3)4)28-20-21-35-30(23-28)27-16-18-29(19-17-27)40-24-26-14-10-7-11-15-26;1-5-32-25(30)18-29(26(31)34-27(2,3)4)22-15-16-28-24(17-22)21-11-13-23(14-12-21)33-19-20-9-7-6-8-10-20/h6-21,23,31H,5,22,24H2,1-4H3;6-17H,5,18-19H2,1-4H3. The summed E-state index contributed by atoms with van der Waals surface area (Å²) in [6.45, 7) is 15.2. The maximum Gasteiger partial charge on any atom is 0.415 e. The molecule has 0 saturated carbocycles. The van der Waals surface area contributed by atoms with Gasteiger partial charge in [0.15, 0.2) is 0 Å². The van der Waals surface area contributed by atoms with Crippen LogP contribution in [-0.2, 0) is 48.2 Å². The van der Waals surface area contributed by atoms with Crippen molar-refractivity contribution in [3.63, 3.8) is 0 Å². The van der Waals surface area contributed by atoms with Gasteiger partial charge in [0.25, 0.3) is 0 Å². The lowest BCUT2D eigenvalue weighted by atomic mass is 10.0. The Hall–Kier alpha value is -8.52. The number of pyridine rings is 2. The van der Waals surface area contributed by atoms with Gasteiger partial charge in [-0.15, -0.1) is 0 Å². The SMILES string of the molecule is CCOC(=O)C(Cc1ccccc1)N(C(=O)OC(C)(C)C)c1ccnc(-c2ccc(OCc3ccccc3)cc2)c1.CCOC(=O)CN(C(=O)OC(C)(C)C)c1ccnc(-c2ccc(OCc3ccccc3)cc2)c1. The summed E-state index contributed by atoms with van der Waals surface area (Å²) in [5.74, 6) is 0.433. The number of carbonyl (C=O) groups is 4. The quantitative estimate of drug-likeness (QED) is 0.0593. The van der Waals surface area contributed by atoms with E-state index in [4.69, 9.17) is 28.4 Å². The van der Waals surface area contributed by atoms with E-state index in [-0.39, 0.29) is 26.2 Å². The molecule has 0 spiro atoms. The van der Waals surface area contributed by atoms with Crippen LogP contribution in [0.4, 0.5) is 21.0 Å². The molecule has 75 heavy (non-hydrogen) atoms. The second kappa shape index (κ2) is 27.0. The molecule has 5 aromatic carbocycles. The van der Waals surface area contributed by atoms with Crippen LogP contribution in [-0.4, -0.2) is 71.1 Å². The third kappa shape index (κ3) is 17.9. The van der Waals surface area contributed by atoms with E-state index in [0.29, 0.717) is 36.0 Å². The Bertz CT molecular complexity index is 2910. The van der Waals surface area contributed by atoms with Crippen molar-refractivity contribution in [3.8, 4) is 34.0 Å². The third-order valence-corrected chi connectivity index (χ3v) is 10.8. The molecule has 0 aliphatic carbocycles. The maximum absolute atomic E-state index is 13.6. The predicted molar refractivity (Wildman–Crippen MR) is 290 cm³/mol. The number of hydrogen-bond donors (Lipinski definition) is 0. The van der Waals surface area contributed by atoms with Gasteiger partial charge >= 0.3 is 24.1 Å². The Kier molecular flexibility index (Phi) is 20.1. The first kappa shape index (κ1) is 55.8. The van der Waals surface area contributed by atoms with Crippen molar-refractivity contribution in [1.82, 2.24) is 9.97 Å². The van der Waals surface area contributed by atoms with Gasteiger partial charge in [0.05, 0.1) is 36.0 Å². The second-order valence-electron chi connectivity index (χ2n) is 19.1. The zero-order valence-electron chi connectivity index (χ0n) is 43.9. The number of amides is 2. The number of nitrogens with zero attached hydrogens (tertiary/aromatic N) is 4. The van der Waals surface area contributed by atoms with Gasteiger partial charge in [0.1, 0.15) is 48.5 Å². The maximum atomic E-state index is 13.6. The van der Waals surface area contributed by atoms with Crippen LogP contribution in [0, 0.1) is 0 Å². The summed E-state index contributed by atoms with van der Waals surface area (Å²) >= 11 is 0. The van der Waals surface area contributed by atoms with E-state index in [1.165, 1.54) is 9.80 Å². The number of aromatic nitrogens is 2. The van der Waals surface area contributed by atoms with Crippen LogP contribution in [0.3, 0.4) is 0 Å². The summed E-state index contributed by atoms with van der Waals surface area (Å²) in [6.07, 6.45) is 2.18. The normalized spacial score (nSPS) is 11.4. The van der Waals surface area contributed by atoms with Crippen LogP contribution >= 0.6 is 0 Å². The number of carbonyl (C=O) groups excluding carboxylic acids is 4. The number of esters is 2. The lowest BCUT2D eigenvalue weighted by molar-refractivity contribution is -0.145. The van der Waals surface area contributed by atoms with Gasteiger partial charge in [0.2, 0.25) is 0 Å². The molecule has 0 fully saturated rings. The van der Waals surface area contributed by atoms with E-state index in [1.807, 2.05) is 140 Å². The highest BCUT2D eigenvalue weighted by Gasteiger charge is 2.36. The van der Waals surface area contributed by atoms with Crippen molar-refractivity contribution in [1.29, 1.82) is 0 Å². The van der Waals surface area contributed by atoms with Crippen molar-refractivity contribution < 1.29 is 47.6 Å². The molecule has 0 N–H and O–H groups in total. The van der Waals surface area contributed by atoms with Crippen LogP contribution in [0.2, 0.25) is 0 Å². The fraction of sp³-hybridized carbons (Fsp3) is 0.279. The number of rotatable bonds is 18. The van der Waals surface area contributed by atoms with Crippen LogP contribution in [0.25, 0.3) is 22.5 Å². The van der Waals surface area contributed by atoms with Crippen LogP contribution in [0.5, 0.6) is 11.5 Å². The summed E-state index contributed by atoms with van der Waals surface area (Å²) in [6, 6.07) is 50.5. The highest BCUT2D eigenvalue weighted by molar-refractivity contribution is 5.97. The van der Waals surface area contributed by atoms with E-state index in [1.54, 1.807) is 92.0 Å². The predicted octanol–water partition coefficient (Wildman–Crippen LogP) is 12.9. The number of hydrogen-bond acceptors (Lipinski definition) is 12. The Balaban J connectivity index is 0.000000248. The van der Waals surface area contributed by atoms with E-state index in [2.05, 4.69) is 9.97 Å². The van der Waals surface area contributed by atoms with E-state index < -0.39 is 41.4 Å². The molecule has 7 aromatic rings. The summed E-state index contributed by atoms with van der Waals surface area (Å²) in [5, 5.41) is 0. The summed E-state index contributed by atoms with van der Waals surface area (Å²) < 4.78 is 33.5. The van der Waals surface area contributed by atoms with Gasteiger partial charge in [-0.3, -0.25) is 24.6 Å². The van der Waals surface area contributed by atoms with Crippen molar-refractivity contribution in [2.75, 3.05) is 29.6 Å². The monoisotopic (exact) mass is 1010 g/mol. The van der Waals surface area contributed by atoms with Gasteiger partial charge < -0.3 is 28.4 Å². The highest BCUT2D eigenvalue weighted by atomic mass is 16.6. The number of ether oxygens (including phenoxy) is 6. The van der Waals surface area contributed by atoms with Gasteiger partial charge in [-0.25, -0.2) is 14.4 Å². The molecule has 7 rings (SSSR count). The lowest BCUT2D eigenvalue weighted by Crippen LogP contribution is -2.49. The highest BCUT2D eigenvalue weighted by Crippen LogP contribution is 2.30. The average molecular weight is 1020 g/mol. The smallest absolute Gasteiger partial charge is 0.415 e. The largest absolute Gasteiger partial charge is 0.489 e. The fourth-order valence-corrected chi connectivity index (χ4v) is 7.39. The molecule has 2 amide bonds. The molecule has 390 valence electrons.